The summed E-state index contributed by atoms with van der Waals surface area (Å²) in [5.74, 6) is 2.11. The average Bonchev–Trinajstić information content (AvgIpc) is 2.79. The van der Waals surface area contributed by atoms with E-state index in [9.17, 15) is 4.79 Å². The summed E-state index contributed by atoms with van der Waals surface area (Å²) < 4.78 is 5.55. The van der Waals surface area contributed by atoms with Crippen molar-refractivity contribution in [3.63, 3.8) is 0 Å². The van der Waals surface area contributed by atoms with Crippen molar-refractivity contribution in [1.29, 1.82) is 0 Å². The van der Waals surface area contributed by atoms with Crippen LogP contribution < -0.4 is 15.8 Å². The van der Waals surface area contributed by atoms with E-state index >= 15 is 0 Å². The Bertz CT molecular complexity index is 476. The molecule has 0 heterocycles. The lowest BCUT2D eigenvalue weighted by Crippen LogP contribution is -2.38. The van der Waals surface area contributed by atoms with Crippen LogP contribution in [0.5, 0.6) is 5.75 Å². The quantitative estimate of drug-likeness (QED) is 0.792. The predicted octanol–water partition coefficient (Wildman–Crippen LogP) is 2.98. The second-order valence-electron chi connectivity index (χ2n) is 5.95. The van der Waals surface area contributed by atoms with Gasteiger partial charge < -0.3 is 15.8 Å². The summed E-state index contributed by atoms with van der Waals surface area (Å²) in [7, 11) is 0. The van der Waals surface area contributed by atoms with Gasteiger partial charge in [0.25, 0.3) is 0 Å². The fourth-order valence-corrected chi connectivity index (χ4v) is 3.17. The number of nitrogens with two attached hydrogens (primary N) is 1. The molecule has 1 fully saturated rings. The average molecular weight is 290 g/mol. The Morgan fingerprint density at radius 2 is 2.24 bits per heavy atom. The van der Waals surface area contributed by atoms with Crippen molar-refractivity contribution >= 4 is 11.6 Å². The molecule has 1 aliphatic rings. The molecule has 2 rings (SSSR count). The van der Waals surface area contributed by atoms with E-state index in [0.717, 1.165) is 12.3 Å². The molecular weight excluding hydrogens is 264 g/mol. The van der Waals surface area contributed by atoms with E-state index in [1.165, 1.54) is 12.8 Å². The number of benzene rings is 1. The SMILES string of the molecule is CCC1CCC(NC(=O)CCOc2cccc(N)c2)C1C. The van der Waals surface area contributed by atoms with Crippen molar-refractivity contribution in [3.8, 4) is 5.75 Å². The topological polar surface area (TPSA) is 64.3 Å². The highest BCUT2D eigenvalue weighted by molar-refractivity contribution is 5.76. The standard InChI is InChI=1S/C17H26N2O2/c1-3-13-7-8-16(12(13)2)19-17(20)9-10-21-15-6-4-5-14(18)11-15/h4-6,11-13,16H,3,7-10,18H2,1-2H3,(H,19,20). The normalized spacial score (nSPS) is 24.8. The molecule has 4 heteroatoms. The summed E-state index contributed by atoms with van der Waals surface area (Å²) in [5, 5.41) is 3.15. The molecule has 0 aliphatic heterocycles. The van der Waals surface area contributed by atoms with Crippen molar-refractivity contribution in [2.45, 2.75) is 45.6 Å². The number of anilines is 1. The molecule has 0 radical (unpaired) electrons. The van der Waals surface area contributed by atoms with Gasteiger partial charge in [0.15, 0.2) is 0 Å². The Balaban J connectivity index is 1.71. The molecule has 1 aromatic rings. The molecule has 0 spiro atoms. The van der Waals surface area contributed by atoms with Gasteiger partial charge in [0.1, 0.15) is 5.75 Å². The Kier molecular flexibility index (Phi) is 5.48. The molecular formula is C17H26N2O2. The van der Waals surface area contributed by atoms with Gasteiger partial charge in [0.05, 0.1) is 13.0 Å². The summed E-state index contributed by atoms with van der Waals surface area (Å²) in [4.78, 5) is 12.0. The molecule has 1 aliphatic carbocycles. The minimum absolute atomic E-state index is 0.0764. The third-order valence-corrected chi connectivity index (χ3v) is 4.55. The summed E-state index contributed by atoms with van der Waals surface area (Å²) in [5.41, 5.74) is 6.35. The maximum atomic E-state index is 12.0. The summed E-state index contributed by atoms with van der Waals surface area (Å²) in [6.07, 6.45) is 3.91. The second-order valence-corrected chi connectivity index (χ2v) is 5.95. The Morgan fingerprint density at radius 3 is 2.90 bits per heavy atom. The van der Waals surface area contributed by atoms with Gasteiger partial charge in [-0.2, -0.15) is 0 Å². The third kappa shape index (κ3) is 4.38. The molecule has 0 aromatic heterocycles. The van der Waals surface area contributed by atoms with Crippen LogP contribution in [0.3, 0.4) is 0 Å². The van der Waals surface area contributed by atoms with Crippen LogP contribution in [0.25, 0.3) is 0 Å². The zero-order valence-corrected chi connectivity index (χ0v) is 13.0. The highest BCUT2D eigenvalue weighted by atomic mass is 16.5. The van der Waals surface area contributed by atoms with Gasteiger partial charge in [0, 0.05) is 17.8 Å². The lowest BCUT2D eigenvalue weighted by Gasteiger charge is -2.21. The largest absolute Gasteiger partial charge is 0.493 e. The maximum Gasteiger partial charge on any atom is 0.223 e. The van der Waals surface area contributed by atoms with Gasteiger partial charge in [-0.05, 0) is 36.8 Å². The van der Waals surface area contributed by atoms with Gasteiger partial charge in [-0.3, -0.25) is 4.79 Å². The fraction of sp³-hybridized carbons (Fsp3) is 0.588. The van der Waals surface area contributed by atoms with Crippen molar-refractivity contribution in [1.82, 2.24) is 5.32 Å². The zero-order chi connectivity index (χ0) is 15.2. The number of hydrogen-bond donors (Lipinski definition) is 2. The minimum atomic E-state index is 0.0764. The highest BCUT2D eigenvalue weighted by Crippen LogP contribution is 2.33. The van der Waals surface area contributed by atoms with Crippen LogP contribution in [0, 0.1) is 11.8 Å². The van der Waals surface area contributed by atoms with Gasteiger partial charge in [-0.1, -0.05) is 26.3 Å². The Labute approximate surface area is 127 Å². The number of rotatable bonds is 6. The molecule has 0 saturated heterocycles. The first-order chi connectivity index (χ1) is 10.1. The van der Waals surface area contributed by atoms with Gasteiger partial charge >= 0.3 is 0 Å². The number of amides is 1. The summed E-state index contributed by atoms with van der Waals surface area (Å²) in [6, 6.07) is 7.60. The third-order valence-electron chi connectivity index (χ3n) is 4.55. The second kappa shape index (κ2) is 7.34. The zero-order valence-electron chi connectivity index (χ0n) is 13.0. The van der Waals surface area contributed by atoms with E-state index in [2.05, 4.69) is 19.2 Å². The lowest BCUT2D eigenvalue weighted by molar-refractivity contribution is -0.122. The maximum absolute atomic E-state index is 12.0. The van der Waals surface area contributed by atoms with E-state index in [1.807, 2.05) is 18.2 Å². The van der Waals surface area contributed by atoms with Crippen LogP contribution in [-0.4, -0.2) is 18.6 Å². The summed E-state index contributed by atoms with van der Waals surface area (Å²) >= 11 is 0. The first-order valence-corrected chi connectivity index (χ1v) is 7.88. The van der Waals surface area contributed by atoms with Gasteiger partial charge in [0.2, 0.25) is 5.91 Å². The van der Waals surface area contributed by atoms with Crippen molar-refractivity contribution < 1.29 is 9.53 Å². The van der Waals surface area contributed by atoms with E-state index in [4.69, 9.17) is 10.5 Å². The van der Waals surface area contributed by atoms with Gasteiger partial charge in [-0.15, -0.1) is 0 Å². The van der Waals surface area contributed by atoms with Crippen molar-refractivity contribution in [2.24, 2.45) is 11.8 Å². The molecule has 21 heavy (non-hydrogen) atoms. The molecule has 3 atom stereocenters. The van der Waals surface area contributed by atoms with Crippen LogP contribution >= 0.6 is 0 Å². The summed E-state index contributed by atoms with van der Waals surface area (Å²) in [6.45, 7) is 4.85. The van der Waals surface area contributed by atoms with Crippen LogP contribution in [0.1, 0.15) is 39.5 Å². The molecule has 1 saturated carbocycles. The van der Waals surface area contributed by atoms with Crippen molar-refractivity contribution in [3.05, 3.63) is 24.3 Å². The van der Waals surface area contributed by atoms with Gasteiger partial charge in [-0.25, -0.2) is 0 Å². The van der Waals surface area contributed by atoms with Crippen molar-refractivity contribution in [2.75, 3.05) is 12.3 Å². The molecule has 3 unspecified atom stereocenters. The van der Waals surface area contributed by atoms with E-state index in [-0.39, 0.29) is 5.91 Å². The number of ether oxygens (including phenoxy) is 1. The fourth-order valence-electron chi connectivity index (χ4n) is 3.17. The number of carbonyl (C=O) groups is 1. The first-order valence-electron chi connectivity index (χ1n) is 7.88. The van der Waals surface area contributed by atoms with E-state index < -0.39 is 0 Å². The minimum Gasteiger partial charge on any atom is -0.493 e. The molecule has 1 aromatic carbocycles. The van der Waals surface area contributed by atoms with E-state index in [0.29, 0.717) is 36.4 Å². The molecule has 116 valence electrons. The number of nitrogens with one attached hydrogen (secondary N) is 1. The highest BCUT2D eigenvalue weighted by Gasteiger charge is 2.32. The first kappa shape index (κ1) is 15.7. The number of carbonyl (C=O) groups excluding carboxylic acids is 1. The Morgan fingerprint density at radius 1 is 1.43 bits per heavy atom. The predicted molar refractivity (Wildman–Crippen MR) is 85.1 cm³/mol. The van der Waals surface area contributed by atoms with Crippen LogP contribution in [0.4, 0.5) is 5.69 Å². The Hall–Kier alpha value is -1.71. The number of hydrogen-bond acceptors (Lipinski definition) is 3. The molecule has 3 N–H and O–H groups in total. The van der Waals surface area contributed by atoms with Crippen LogP contribution in [0.2, 0.25) is 0 Å². The molecule has 1 amide bonds. The van der Waals surface area contributed by atoms with E-state index in [1.54, 1.807) is 6.07 Å². The number of nitrogen functional groups attached to an aromatic ring is 1. The molecule has 0 bridgehead atoms. The smallest absolute Gasteiger partial charge is 0.223 e. The monoisotopic (exact) mass is 290 g/mol. The molecule has 4 nitrogen and oxygen atoms in total. The lowest BCUT2D eigenvalue weighted by atomic mass is 9.93. The van der Waals surface area contributed by atoms with Crippen LogP contribution in [-0.2, 0) is 4.79 Å². The van der Waals surface area contributed by atoms with Crippen LogP contribution in [0.15, 0.2) is 24.3 Å².